The van der Waals surface area contributed by atoms with E-state index in [1.165, 1.54) is 29.2 Å². The van der Waals surface area contributed by atoms with E-state index in [4.69, 9.17) is 9.72 Å². The number of esters is 1. The molecule has 0 radical (unpaired) electrons. The van der Waals surface area contributed by atoms with Gasteiger partial charge >= 0.3 is 5.97 Å². The Labute approximate surface area is 252 Å². The molecule has 1 saturated carbocycles. The number of hydrogen-bond donors (Lipinski definition) is 0. The van der Waals surface area contributed by atoms with Crippen LogP contribution in [0.4, 0.5) is 11.4 Å². The van der Waals surface area contributed by atoms with Crippen molar-refractivity contribution in [2.75, 3.05) is 11.5 Å². The summed E-state index contributed by atoms with van der Waals surface area (Å²) >= 11 is 0. The maximum absolute atomic E-state index is 13.3. The highest BCUT2D eigenvalue weighted by Gasteiger charge is 2.49. The topological polar surface area (TPSA) is 137 Å². The summed E-state index contributed by atoms with van der Waals surface area (Å²) < 4.78 is 5.39. The van der Waals surface area contributed by atoms with Gasteiger partial charge in [0.2, 0.25) is 11.8 Å². The molecule has 0 N–H and O–H groups in total. The minimum Gasteiger partial charge on any atom is -0.454 e. The average molecular weight is 592 g/mol. The number of nitrogens with zero attached hydrogens (tertiary/aromatic N) is 3. The maximum Gasteiger partial charge on any atom is 0.339 e. The number of ketones is 1. The first-order chi connectivity index (χ1) is 21.1. The van der Waals surface area contributed by atoms with Gasteiger partial charge in [0.15, 0.2) is 12.4 Å². The molecule has 2 fully saturated rings. The highest BCUT2D eigenvalue weighted by molar-refractivity contribution is 6.22. The summed E-state index contributed by atoms with van der Waals surface area (Å²) in [5.41, 5.74) is 3.35. The first-order valence-corrected chi connectivity index (χ1v) is 14.4. The number of aryl methyl sites for hydroxylation is 1. The van der Waals surface area contributed by atoms with E-state index in [0.717, 1.165) is 24.8 Å². The summed E-state index contributed by atoms with van der Waals surface area (Å²) in [6.45, 7) is 3.45. The zero-order chi connectivity index (χ0) is 31.1. The molecule has 0 spiro atoms. The van der Waals surface area contributed by atoms with Gasteiger partial charge in [-0.1, -0.05) is 30.7 Å². The van der Waals surface area contributed by atoms with Gasteiger partial charge in [-0.15, -0.1) is 0 Å². The van der Waals surface area contributed by atoms with Gasteiger partial charge in [-0.25, -0.2) is 9.78 Å². The lowest BCUT2D eigenvalue weighted by atomic mass is 9.76. The standard InChI is InChI=1S/C34H29N3O7/c1-19-3-13-25-27(16-19)33(40)36(32(25)39)23-9-5-21(6-10-23)30-17-28(26-15-20(2)4-14-29(26)35-30)34(41)44-18-31(38)22-7-11-24(12-8-22)37(42)43/h4-12,14-15,17,19,25,27H,3,13,16,18H2,1-2H3. The number of ether oxygens (including phenoxy) is 1. The van der Waals surface area contributed by atoms with Crippen molar-refractivity contribution in [3.05, 3.63) is 99.6 Å². The molecule has 1 aromatic heterocycles. The number of pyridine rings is 1. The molecule has 10 nitrogen and oxygen atoms in total. The number of carbonyl (C=O) groups is 4. The molecule has 4 aromatic rings. The van der Waals surface area contributed by atoms with Gasteiger partial charge in [0.25, 0.3) is 5.69 Å². The van der Waals surface area contributed by atoms with Crippen molar-refractivity contribution in [3.8, 4) is 11.3 Å². The van der Waals surface area contributed by atoms with E-state index >= 15 is 0 Å². The summed E-state index contributed by atoms with van der Waals surface area (Å²) in [6.07, 6.45) is 2.39. The fourth-order valence-electron chi connectivity index (χ4n) is 6.14. The molecule has 2 amide bonds. The number of hydrogen-bond acceptors (Lipinski definition) is 8. The quantitative estimate of drug-likeness (QED) is 0.0829. The monoisotopic (exact) mass is 591 g/mol. The van der Waals surface area contributed by atoms with Crippen LogP contribution in [0.25, 0.3) is 22.2 Å². The fraction of sp³-hybridized carbons (Fsp3) is 0.265. The van der Waals surface area contributed by atoms with Gasteiger partial charge in [0, 0.05) is 28.6 Å². The van der Waals surface area contributed by atoms with Crippen LogP contribution in [0.5, 0.6) is 0 Å². The maximum atomic E-state index is 13.3. The second-order valence-electron chi connectivity index (χ2n) is 11.6. The molecule has 1 saturated heterocycles. The Morgan fingerprint density at radius 2 is 1.66 bits per heavy atom. The lowest BCUT2D eigenvalue weighted by Crippen LogP contribution is -2.30. The second kappa shape index (κ2) is 11.4. The highest BCUT2D eigenvalue weighted by atomic mass is 16.6. The zero-order valence-electron chi connectivity index (χ0n) is 24.2. The Morgan fingerprint density at radius 3 is 2.36 bits per heavy atom. The Balaban J connectivity index is 1.25. The van der Waals surface area contributed by atoms with Crippen molar-refractivity contribution in [1.82, 2.24) is 4.98 Å². The lowest BCUT2D eigenvalue weighted by Gasteiger charge is -2.25. The van der Waals surface area contributed by atoms with Gasteiger partial charge in [-0.3, -0.25) is 29.4 Å². The summed E-state index contributed by atoms with van der Waals surface area (Å²) in [5.74, 6) is -1.62. The minimum absolute atomic E-state index is 0.146. The van der Waals surface area contributed by atoms with Gasteiger partial charge < -0.3 is 4.74 Å². The molecule has 2 aliphatic rings. The predicted octanol–water partition coefficient (Wildman–Crippen LogP) is 6.08. The van der Waals surface area contributed by atoms with Crippen molar-refractivity contribution in [2.24, 2.45) is 17.8 Å². The number of nitro benzene ring substituents is 1. The number of Topliss-reactive ketones (excluding diaryl/α,β-unsaturated/α-hetero) is 1. The zero-order valence-corrected chi connectivity index (χ0v) is 24.2. The first-order valence-electron chi connectivity index (χ1n) is 14.4. The number of imide groups is 1. The van der Waals surface area contributed by atoms with Crippen LogP contribution in [0.1, 0.15) is 52.5 Å². The van der Waals surface area contributed by atoms with Crippen molar-refractivity contribution in [1.29, 1.82) is 0 Å². The molecule has 6 rings (SSSR count). The molecular formula is C34H29N3O7. The van der Waals surface area contributed by atoms with E-state index in [1.54, 1.807) is 36.4 Å². The third kappa shape index (κ3) is 5.34. The van der Waals surface area contributed by atoms with E-state index in [-0.39, 0.29) is 40.5 Å². The van der Waals surface area contributed by atoms with Crippen molar-refractivity contribution in [3.63, 3.8) is 0 Å². The molecular weight excluding hydrogens is 562 g/mol. The van der Waals surface area contributed by atoms with Gasteiger partial charge in [-0.2, -0.15) is 0 Å². The fourth-order valence-corrected chi connectivity index (χ4v) is 6.14. The minimum atomic E-state index is -0.721. The number of anilines is 1. The number of rotatable bonds is 7. The SMILES string of the molecule is Cc1ccc2nc(-c3ccc(N4C(=O)C5CCC(C)CC5C4=O)cc3)cc(C(=O)OCC(=O)c3ccc([N+](=O)[O-])cc3)c2c1. The average Bonchev–Trinajstić information content (AvgIpc) is 3.27. The van der Waals surface area contributed by atoms with Gasteiger partial charge in [0.1, 0.15) is 0 Å². The largest absolute Gasteiger partial charge is 0.454 e. The van der Waals surface area contributed by atoms with Crippen molar-refractivity contribution >= 4 is 45.8 Å². The molecule has 44 heavy (non-hydrogen) atoms. The van der Waals surface area contributed by atoms with Crippen LogP contribution in [-0.2, 0) is 14.3 Å². The molecule has 0 bridgehead atoms. The lowest BCUT2D eigenvalue weighted by molar-refractivity contribution is -0.384. The Morgan fingerprint density at radius 1 is 0.955 bits per heavy atom. The number of nitro groups is 1. The molecule has 10 heteroatoms. The first kappa shape index (κ1) is 28.9. The molecule has 2 heterocycles. The van der Waals surface area contributed by atoms with Crippen LogP contribution in [0.3, 0.4) is 0 Å². The summed E-state index contributed by atoms with van der Waals surface area (Å²) in [6, 6.07) is 19.1. The van der Waals surface area contributed by atoms with E-state index < -0.39 is 23.3 Å². The summed E-state index contributed by atoms with van der Waals surface area (Å²) in [4.78, 5) is 68.6. The number of benzene rings is 3. The second-order valence-corrected chi connectivity index (χ2v) is 11.6. The van der Waals surface area contributed by atoms with Crippen LogP contribution in [0.15, 0.2) is 72.8 Å². The van der Waals surface area contributed by atoms with Gasteiger partial charge in [0.05, 0.1) is 39.2 Å². The van der Waals surface area contributed by atoms with Gasteiger partial charge in [-0.05, 0) is 74.6 Å². The van der Waals surface area contributed by atoms with Crippen LogP contribution in [0.2, 0.25) is 0 Å². The van der Waals surface area contributed by atoms with E-state index in [0.29, 0.717) is 33.8 Å². The number of aromatic nitrogens is 1. The normalized spacial score (nSPS) is 19.6. The van der Waals surface area contributed by atoms with Crippen molar-refractivity contribution in [2.45, 2.75) is 33.1 Å². The Bertz CT molecular complexity index is 1830. The highest BCUT2D eigenvalue weighted by Crippen LogP contribution is 2.42. The van der Waals surface area contributed by atoms with E-state index in [1.807, 2.05) is 19.1 Å². The molecule has 3 atom stereocenters. The molecule has 1 aliphatic carbocycles. The third-order valence-electron chi connectivity index (χ3n) is 8.53. The Hall–Kier alpha value is -5.25. The van der Waals surface area contributed by atoms with Crippen LogP contribution in [0, 0.1) is 34.8 Å². The number of amides is 2. The molecule has 3 aromatic carbocycles. The van der Waals surface area contributed by atoms with Crippen LogP contribution >= 0.6 is 0 Å². The number of non-ortho nitro benzene ring substituents is 1. The Kier molecular flexibility index (Phi) is 7.50. The predicted molar refractivity (Wildman–Crippen MR) is 162 cm³/mol. The van der Waals surface area contributed by atoms with Crippen molar-refractivity contribution < 1.29 is 28.8 Å². The third-order valence-corrected chi connectivity index (χ3v) is 8.53. The van der Waals surface area contributed by atoms with E-state index in [2.05, 4.69) is 6.92 Å². The molecule has 3 unspecified atom stereocenters. The molecule has 1 aliphatic heterocycles. The van der Waals surface area contributed by atoms with Crippen LogP contribution in [-0.4, -0.2) is 40.1 Å². The van der Waals surface area contributed by atoms with Crippen LogP contribution < -0.4 is 4.90 Å². The number of carbonyl (C=O) groups excluding carboxylic acids is 4. The summed E-state index contributed by atoms with van der Waals surface area (Å²) in [7, 11) is 0. The smallest absolute Gasteiger partial charge is 0.339 e. The molecule has 222 valence electrons. The number of fused-ring (bicyclic) bond motifs is 2. The van der Waals surface area contributed by atoms with E-state index in [9.17, 15) is 29.3 Å². The summed E-state index contributed by atoms with van der Waals surface area (Å²) in [5, 5.41) is 11.5.